The number of phenols is 2. The highest BCUT2D eigenvalue weighted by atomic mass is 35.5. The maximum Gasteiger partial charge on any atom is 0.341 e. The first-order valence-corrected chi connectivity index (χ1v) is 4.44. The molecule has 0 radical (unpaired) electrons. The molecule has 6 nitrogen and oxygen atoms in total. The van der Waals surface area contributed by atoms with Crippen LogP contribution in [0, 0.1) is 0 Å². The number of aromatic carboxylic acids is 2. The van der Waals surface area contributed by atoms with Crippen molar-refractivity contribution in [1.82, 2.24) is 0 Å². The second kappa shape index (κ2) is 4.07. The molecule has 16 heavy (non-hydrogen) atoms. The molecule has 0 unspecified atom stereocenters. The zero-order chi connectivity index (χ0) is 12.6. The van der Waals surface area contributed by atoms with Crippen molar-refractivity contribution in [3.8, 4) is 11.5 Å². The van der Waals surface area contributed by atoms with Crippen LogP contribution < -0.4 is 0 Å². The van der Waals surface area contributed by atoms with E-state index in [2.05, 4.69) is 0 Å². The molecule has 0 saturated carbocycles. The minimum atomic E-state index is -1.64. The fraction of sp³-hybridized carbons (Fsp3) is 0. The average molecular weight is 267 g/mol. The van der Waals surface area contributed by atoms with Crippen LogP contribution in [0.5, 0.6) is 11.5 Å². The molecule has 4 N–H and O–H groups in total. The van der Waals surface area contributed by atoms with Crippen molar-refractivity contribution in [2.24, 2.45) is 0 Å². The number of hydrogen-bond acceptors (Lipinski definition) is 4. The minimum Gasteiger partial charge on any atom is -0.505 e. The Balaban J connectivity index is 3.77. The number of benzene rings is 1. The van der Waals surface area contributed by atoms with Gasteiger partial charge in [-0.05, 0) is 0 Å². The lowest BCUT2D eigenvalue weighted by molar-refractivity contribution is 0.0675. The number of hydrogen-bond donors (Lipinski definition) is 4. The Morgan fingerprint density at radius 3 is 1.25 bits per heavy atom. The molecule has 0 aliphatic rings. The summed E-state index contributed by atoms with van der Waals surface area (Å²) in [5.74, 6) is -5.29. The molecule has 86 valence electrons. The van der Waals surface area contributed by atoms with E-state index in [9.17, 15) is 19.8 Å². The molecule has 1 rings (SSSR count). The fourth-order valence-electron chi connectivity index (χ4n) is 1.05. The first-order chi connectivity index (χ1) is 7.29. The van der Waals surface area contributed by atoms with E-state index in [0.717, 1.165) is 0 Å². The molecule has 0 aromatic heterocycles. The lowest BCUT2D eigenvalue weighted by Gasteiger charge is -2.10. The summed E-state index contributed by atoms with van der Waals surface area (Å²) >= 11 is 10.8. The molecule has 0 saturated heterocycles. The Morgan fingerprint density at radius 1 is 0.812 bits per heavy atom. The van der Waals surface area contributed by atoms with E-state index in [1.54, 1.807) is 0 Å². The van der Waals surface area contributed by atoms with Crippen LogP contribution in [0.1, 0.15) is 20.7 Å². The zero-order valence-electron chi connectivity index (χ0n) is 7.36. The fourth-order valence-corrected chi connectivity index (χ4v) is 1.58. The highest BCUT2D eigenvalue weighted by Gasteiger charge is 2.28. The summed E-state index contributed by atoms with van der Waals surface area (Å²) < 4.78 is 0. The van der Waals surface area contributed by atoms with E-state index < -0.39 is 44.6 Å². The summed E-state index contributed by atoms with van der Waals surface area (Å²) in [7, 11) is 0. The summed E-state index contributed by atoms with van der Waals surface area (Å²) in [5.41, 5.74) is -1.71. The van der Waals surface area contributed by atoms with Gasteiger partial charge in [0.1, 0.15) is 21.2 Å². The van der Waals surface area contributed by atoms with Gasteiger partial charge >= 0.3 is 11.9 Å². The second-order valence-corrected chi connectivity index (χ2v) is 3.44. The SMILES string of the molecule is O=C(O)c1c(O)c(Cl)c(C(=O)O)c(O)c1Cl. The van der Waals surface area contributed by atoms with Gasteiger partial charge in [-0.2, -0.15) is 0 Å². The van der Waals surface area contributed by atoms with Gasteiger partial charge in [-0.15, -0.1) is 0 Å². The van der Waals surface area contributed by atoms with Crippen molar-refractivity contribution >= 4 is 35.1 Å². The van der Waals surface area contributed by atoms with Crippen molar-refractivity contribution < 1.29 is 30.0 Å². The summed E-state index contributed by atoms with van der Waals surface area (Å²) in [6.07, 6.45) is 0. The third-order valence-electron chi connectivity index (χ3n) is 1.76. The number of carbonyl (C=O) groups is 2. The van der Waals surface area contributed by atoms with Gasteiger partial charge in [0.2, 0.25) is 0 Å². The Morgan fingerprint density at radius 2 is 1.06 bits per heavy atom. The Bertz CT molecular complexity index is 422. The number of carboxylic acid groups (broad SMARTS) is 2. The van der Waals surface area contributed by atoms with E-state index in [4.69, 9.17) is 33.4 Å². The third kappa shape index (κ3) is 1.72. The van der Waals surface area contributed by atoms with Crippen LogP contribution in [0.4, 0.5) is 0 Å². The number of aromatic hydroxyl groups is 2. The zero-order valence-corrected chi connectivity index (χ0v) is 8.87. The summed E-state index contributed by atoms with van der Waals surface area (Å²) in [5, 5.41) is 34.4. The molecule has 0 atom stereocenters. The van der Waals surface area contributed by atoms with Crippen molar-refractivity contribution in [3.05, 3.63) is 21.2 Å². The molecule has 0 fully saturated rings. The third-order valence-corrected chi connectivity index (χ3v) is 2.49. The first kappa shape index (κ1) is 12.4. The van der Waals surface area contributed by atoms with E-state index in [-0.39, 0.29) is 0 Å². The van der Waals surface area contributed by atoms with Crippen LogP contribution in [0.15, 0.2) is 0 Å². The van der Waals surface area contributed by atoms with Gasteiger partial charge in [0.15, 0.2) is 11.5 Å². The van der Waals surface area contributed by atoms with Crippen LogP contribution in [0.2, 0.25) is 10.0 Å². The molecule has 0 aliphatic heterocycles. The molecule has 1 aromatic rings. The van der Waals surface area contributed by atoms with E-state index in [1.165, 1.54) is 0 Å². The highest BCUT2D eigenvalue weighted by Crippen LogP contribution is 2.43. The maximum atomic E-state index is 10.7. The molecular formula is C8H4Cl2O6. The van der Waals surface area contributed by atoms with Crippen molar-refractivity contribution in [2.75, 3.05) is 0 Å². The van der Waals surface area contributed by atoms with Crippen LogP contribution in [-0.2, 0) is 0 Å². The van der Waals surface area contributed by atoms with Crippen molar-refractivity contribution in [3.63, 3.8) is 0 Å². The van der Waals surface area contributed by atoms with E-state index >= 15 is 0 Å². The number of rotatable bonds is 2. The predicted octanol–water partition coefficient (Wildman–Crippen LogP) is 1.80. The van der Waals surface area contributed by atoms with Gasteiger partial charge in [0.05, 0.1) is 0 Å². The molecule has 0 amide bonds. The van der Waals surface area contributed by atoms with E-state index in [1.807, 2.05) is 0 Å². The van der Waals surface area contributed by atoms with Gasteiger partial charge in [0.25, 0.3) is 0 Å². The smallest absolute Gasteiger partial charge is 0.341 e. The minimum absolute atomic E-state index is 0.785. The predicted molar refractivity (Wildman–Crippen MR) is 53.7 cm³/mol. The van der Waals surface area contributed by atoms with Crippen LogP contribution >= 0.6 is 23.2 Å². The van der Waals surface area contributed by atoms with E-state index in [0.29, 0.717) is 0 Å². The molecule has 1 aromatic carbocycles. The lowest BCUT2D eigenvalue weighted by atomic mass is 10.1. The Hall–Kier alpha value is -1.66. The van der Waals surface area contributed by atoms with Crippen molar-refractivity contribution in [2.45, 2.75) is 0 Å². The summed E-state index contributed by atoms with van der Waals surface area (Å²) in [4.78, 5) is 21.3. The van der Waals surface area contributed by atoms with Gasteiger partial charge < -0.3 is 20.4 Å². The first-order valence-electron chi connectivity index (χ1n) is 3.68. The van der Waals surface area contributed by atoms with Gasteiger partial charge in [0, 0.05) is 0 Å². The van der Waals surface area contributed by atoms with Crippen LogP contribution in [0.25, 0.3) is 0 Å². The average Bonchev–Trinajstić information content (AvgIpc) is 2.14. The van der Waals surface area contributed by atoms with Gasteiger partial charge in [-0.3, -0.25) is 0 Å². The lowest BCUT2D eigenvalue weighted by Crippen LogP contribution is -2.05. The topological polar surface area (TPSA) is 115 Å². The van der Waals surface area contributed by atoms with Gasteiger partial charge in [-0.25, -0.2) is 9.59 Å². The summed E-state index contributed by atoms with van der Waals surface area (Å²) in [6, 6.07) is 0. The van der Waals surface area contributed by atoms with Crippen molar-refractivity contribution in [1.29, 1.82) is 0 Å². The molecule has 0 aliphatic carbocycles. The molecule has 0 spiro atoms. The standard InChI is InChI=1S/C8H4Cl2O6/c9-3-1(7(13)14)5(11)4(10)2(6(3)12)8(15)16/h11-12H,(H,13,14)(H,15,16). The Labute approximate surface area is 98.3 Å². The second-order valence-electron chi connectivity index (χ2n) is 2.69. The largest absolute Gasteiger partial charge is 0.505 e. The number of carboxylic acids is 2. The normalized spacial score (nSPS) is 10.1. The monoisotopic (exact) mass is 266 g/mol. The molecule has 8 heteroatoms. The Kier molecular flexibility index (Phi) is 3.16. The summed E-state index contributed by atoms with van der Waals surface area (Å²) in [6.45, 7) is 0. The molecular weight excluding hydrogens is 263 g/mol. The van der Waals surface area contributed by atoms with Gasteiger partial charge in [-0.1, -0.05) is 23.2 Å². The quantitative estimate of drug-likeness (QED) is 0.607. The maximum absolute atomic E-state index is 10.7. The number of halogens is 2. The van der Waals surface area contributed by atoms with Crippen LogP contribution in [-0.4, -0.2) is 32.4 Å². The molecule has 0 heterocycles. The molecule has 0 bridgehead atoms. The highest BCUT2D eigenvalue weighted by molar-refractivity contribution is 6.40. The van der Waals surface area contributed by atoms with Crippen LogP contribution in [0.3, 0.4) is 0 Å².